The fraction of sp³-hybridized carbons (Fsp3) is 0.533. The Morgan fingerprint density at radius 3 is 2.19 bits per heavy atom. The molecule has 0 aromatic heterocycles. The minimum Gasteiger partial charge on any atom is -0.481 e. The lowest BCUT2D eigenvalue weighted by atomic mass is 10.0. The van der Waals surface area contributed by atoms with Gasteiger partial charge >= 0.3 is 5.97 Å². The second-order valence-corrected chi connectivity index (χ2v) is 7.52. The van der Waals surface area contributed by atoms with E-state index in [0.29, 0.717) is 5.56 Å². The summed E-state index contributed by atoms with van der Waals surface area (Å²) in [5.74, 6) is -0.927. The molecule has 0 bridgehead atoms. The van der Waals surface area contributed by atoms with Gasteiger partial charge < -0.3 is 5.11 Å². The van der Waals surface area contributed by atoms with E-state index in [0.717, 1.165) is 19.3 Å². The van der Waals surface area contributed by atoms with E-state index in [1.165, 1.54) is 12.1 Å². The molecule has 1 heterocycles. The highest BCUT2D eigenvalue weighted by Gasteiger charge is 2.35. The van der Waals surface area contributed by atoms with E-state index in [9.17, 15) is 13.2 Å². The molecule has 1 aromatic rings. The van der Waals surface area contributed by atoms with Crippen molar-refractivity contribution in [3.05, 3.63) is 29.8 Å². The lowest BCUT2D eigenvalue weighted by Crippen LogP contribution is -2.47. The van der Waals surface area contributed by atoms with Crippen molar-refractivity contribution in [1.82, 2.24) is 4.31 Å². The van der Waals surface area contributed by atoms with E-state index in [1.807, 2.05) is 13.8 Å². The minimum atomic E-state index is -3.52. The Hall–Kier alpha value is -1.40. The first kappa shape index (κ1) is 16.0. The topological polar surface area (TPSA) is 74.7 Å². The summed E-state index contributed by atoms with van der Waals surface area (Å²) < 4.78 is 27.1. The van der Waals surface area contributed by atoms with Crippen molar-refractivity contribution in [3.8, 4) is 0 Å². The highest BCUT2D eigenvalue weighted by atomic mass is 32.2. The van der Waals surface area contributed by atoms with Crippen LogP contribution in [0.2, 0.25) is 0 Å². The number of carbonyl (C=O) groups is 1. The Labute approximate surface area is 125 Å². The Balaban J connectivity index is 2.28. The fourth-order valence-electron chi connectivity index (χ4n) is 2.95. The van der Waals surface area contributed by atoms with E-state index in [2.05, 4.69) is 0 Å². The van der Waals surface area contributed by atoms with Crippen molar-refractivity contribution in [2.75, 3.05) is 0 Å². The smallest absolute Gasteiger partial charge is 0.307 e. The summed E-state index contributed by atoms with van der Waals surface area (Å²) in [6.07, 6.45) is 2.70. The Kier molecular flexibility index (Phi) is 4.68. The third kappa shape index (κ3) is 3.44. The van der Waals surface area contributed by atoms with Crippen LogP contribution in [0.4, 0.5) is 0 Å². The first-order valence-corrected chi connectivity index (χ1v) is 8.60. The highest BCUT2D eigenvalue weighted by Crippen LogP contribution is 2.29. The Bertz CT molecular complexity index is 599. The van der Waals surface area contributed by atoms with Gasteiger partial charge in [-0.15, -0.1) is 0 Å². The number of hydrogen-bond donors (Lipinski definition) is 1. The van der Waals surface area contributed by atoms with Gasteiger partial charge in [-0.1, -0.05) is 18.6 Å². The van der Waals surface area contributed by atoms with Crippen molar-refractivity contribution < 1.29 is 18.3 Å². The molecule has 21 heavy (non-hydrogen) atoms. The molecule has 0 amide bonds. The summed E-state index contributed by atoms with van der Waals surface area (Å²) in [7, 11) is -3.52. The Morgan fingerprint density at radius 2 is 1.71 bits per heavy atom. The van der Waals surface area contributed by atoms with Crippen LogP contribution in [-0.4, -0.2) is 35.9 Å². The largest absolute Gasteiger partial charge is 0.481 e. The molecule has 0 unspecified atom stereocenters. The molecule has 0 saturated carbocycles. The van der Waals surface area contributed by atoms with Crippen molar-refractivity contribution in [1.29, 1.82) is 0 Å². The van der Waals surface area contributed by atoms with Gasteiger partial charge in [-0.3, -0.25) is 4.79 Å². The van der Waals surface area contributed by atoms with Crippen LogP contribution in [0.5, 0.6) is 0 Å². The summed E-state index contributed by atoms with van der Waals surface area (Å²) >= 11 is 0. The predicted octanol–water partition coefficient (Wildman–Crippen LogP) is 2.27. The predicted molar refractivity (Wildman–Crippen MR) is 79.6 cm³/mol. The summed E-state index contributed by atoms with van der Waals surface area (Å²) in [4.78, 5) is 10.9. The number of carboxylic acid groups (broad SMARTS) is 1. The number of aliphatic carboxylic acids is 1. The molecule has 1 saturated heterocycles. The molecule has 2 atom stereocenters. The number of piperidine rings is 1. The van der Waals surface area contributed by atoms with Crippen LogP contribution in [0.1, 0.15) is 38.7 Å². The maximum atomic E-state index is 12.8. The van der Waals surface area contributed by atoms with Gasteiger partial charge in [0.2, 0.25) is 10.0 Å². The van der Waals surface area contributed by atoms with Gasteiger partial charge in [0, 0.05) is 12.1 Å². The number of hydrogen-bond acceptors (Lipinski definition) is 3. The molecule has 116 valence electrons. The quantitative estimate of drug-likeness (QED) is 0.925. The lowest BCUT2D eigenvalue weighted by Gasteiger charge is -2.37. The first-order chi connectivity index (χ1) is 9.82. The summed E-state index contributed by atoms with van der Waals surface area (Å²) in [6, 6.07) is 6.14. The van der Waals surface area contributed by atoms with Crippen LogP contribution >= 0.6 is 0 Å². The fourth-order valence-corrected chi connectivity index (χ4v) is 4.83. The SMILES string of the molecule is C[C@@H]1CCC[C@H](C)N1S(=O)(=O)c1ccc(CC(=O)O)cc1. The van der Waals surface area contributed by atoms with Crippen LogP contribution in [0.15, 0.2) is 29.2 Å². The first-order valence-electron chi connectivity index (χ1n) is 7.16. The highest BCUT2D eigenvalue weighted by molar-refractivity contribution is 7.89. The van der Waals surface area contributed by atoms with Gasteiger partial charge in [-0.25, -0.2) is 8.42 Å². The zero-order valence-electron chi connectivity index (χ0n) is 12.3. The van der Waals surface area contributed by atoms with Gasteiger partial charge in [0.25, 0.3) is 0 Å². The van der Waals surface area contributed by atoms with E-state index < -0.39 is 16.0 Å². The second kappa shape index (κ2) is 6.15. The molecule has 2 rings (SSSR count). The number of nitrogens with zero attached hydrogens (tertiary/aromatic N) is 1. The maximum absolute atomic E-state index is 12.8. The Morgan fingerprint density at radius 1 is 1.19 bits per heavy atom. The average Bonchev–Trinajstić information content (AvgIpc) is 2.38. The van der Waals surface area contributed by atoms with Crippen molar-refractivity contribution in [3.63, 3.8) is 0 Å². The third-order valence-corrected chi connectivity index (χ3v) is 6.11. The zero-order chi connectivity index (χ0) is 15.6. The summed E-state index contributed by atoms with van der Waals surface area (Å²) in [5.41, 5.74) is 0.598. The average molecular weight is 311 g/mol. The number of sulfonamides is 1. The minimum absolute atomic E-state index is 0.00236. The number of rotatable bonds is 4. The molecule has 1 aliphatic heterocycles. The van der Waals surface area contributed by atoms with E-state index >= 15 is 0 Å². The second-order valence-electron chi connectivity index (χ2n) is 5.68. The van der Waals surface area contributed by atoms with Crippen LogP contribution in [-0.2, 0) is 21.2 Å². The normalized spacial score (nSPS) is 23.9. The van der Waals surface area contributed by atoms with Crippen LogP contribution in [0.3, 0.4) is 0 Å². The molecule has 0 aliphatic carbocycles. The number of benzene rings is 1. The third-order valence-electron chi connectivity index (χ3n) is 3.97. The van der Waals surface area contributed by atoms with Crippen LogP contribution in [0.25, 0.3) is 0 Å². The molecule has 0 spiro atoms. The molecule has 0 radical (unpaired) electrons. The molecule has 1 aliphatic rings. The summed E-state index contributed by atoms with van der Waals surface area (Å²) in [5, 5.41) is 8.74. The number of carboxylic acids is 1. The van der Waals surface area contributed by atoms with E-state index in [-0.39, 0.29) is 23.4 Å². The lowest BCUT2D eigenvalue weighted by molar-refractivity contribution is -0.136. The van der Waals surface area contributed by atoms with Gasteiger partial charge in [0.05, 0.1) is 11.3 Å². The standard InChI is InChI=1S/C15H21NO4S/c1-11-4-3-5-12(2)16(11)21(19,20)14-8-6-13(7-9-14)10-15(17)18/h6-9,11-12H,3-5,10H2,1-2H3,(H,17,18)/t11-,12+. The van der Waals surface area contributed by atoms with Gasteiger partial charge in [0.15, 0.2) is 0 Å². The van der Waals surface area contributed by atoms with Crippen LogP contribution < -0.4 is 0 Å². The molecular formula is C15H21NO4S. The van der Waals surface area contributed by atoms with Crippen molar-refractivity contribution in [2.24, 2.45) is 0 Å². The molecule has 1 fully saturated rings. The van der Waals surface area contributed by atoms with Gasteiger partial charge in [-0.2, -0.15) is 4.31 Å². The van der Waals surface area contributed by atoms with Crippen molar-refractivity contribution in [2.45, 2.75) is 56.5 Å². The zero-order valence-corrected chi connectivity index (χ0v) is 13.1. The van der Waals surface area contributed by atoms with Crippen LogP contribution in [0, 0.1) is 0 Å². The van der Waals surface area contributed by atoms with Gasteiger partial charge in [0.1, 0.15) is 0 Å². The molecular weight excluding hydrogens is 290 g/mol. The molecule has 1 aromatic carbocycles. The van der Waals surface area contributed by atoms with E-state index in [4.69, 9.17) is 5.11 Å². The summed E-state index contributed by atoms with van der Waals surface area (Å²) in [6.45, 7) is 3.87. The maximum Gasteiger partial charge on any atom is 0.307 e. The van der Waals surface area contributed by atoms with Gasteiger partial charge in [-0.05, 0) is 44.4 Å². The van der Waals surface area contributed by atoms with E-state index in [1.54, 1.807) is 16.4 Å². The molecule has 6 heteroatoms. The monoisotopic (exact) mass is 311 g/mol. The molecule has 5 nitrogen and oxygen atoms in total. The molecule has 1 N–H and O–H groups in total. The van der Waals surface area contributed by atoms with Crippen molar-refractivity contribution >= 4 is 16.0 Å².